The van der Waals surface area contributed by atoms with Crippen molar-refractivity contribution in [2.75, 3.05) is 19.0 Å². The van der Waals surface area contributed by atoms with E-state index in [4.69, 9.17) is 21.7 Å². The minimum absolute atomic E-state index is 0.00561. The van der Waals surface area contributed by atoms with Gasteiger partial charge in [-0.25, -0.2) is 0 Å². The van der Waals surface area contributed by atoms with E-state index < -0.39 is 0 Å². The Bertz CT molecular complexity index is 1100. The highest BCUT2D eigenvalue weighted by atomic mass is 79.9. The van der Waals surface area contributed by atoms with E-state index in [-0.39, 0.29) is 24.5 Å². The minimum Gasteiger partial charge on any atom is -0.493 e. The summed E-state index contributed by atoms with van der Waals surface area (Å²) in [4.78, 5) is 27.1. The molecule has 1 aliphatic rings. The second-order valence-corrected chi connectivity index (χ2v) is 9.94. The number of methoxy groups -OCH3 is 1. The number of rotatable bonds is 7. The Labute approximate surface area is 205 Å². The van der Waals surface area contributed by atoms with Crippen LogP contribution in [0.5, 0.6) is 11.5 Å². The second-order valence-electron chi connectivity index (χ2n) is 7.35. The fourth-order valence-electron chi connectivity index (χ4n) is 3.07. The number of thioether (sulfide) groups is 1. The molecule has 1 heterocycles. The first kappa shape index (κ1) is 24.3. The Kier molecular flexibility index (Phi) is 7.97. The van der Waals surface area contributed by atoms with Crippen molar-refractivity contribution in [3.05, 3.63) is 56.9 Å². The Morgan fingerprint density at radius 2 is 2.00 bits per heavy atom. The number of ether oxygens (including phenoxy) is 2. The van der Waals surface area contributed by atoms with Crippen molar-refractivity contribution in [1.29, 1.82) is 0 Å². The molecule has 2 aromatic rings. The van der Waals surface area contributed by atoms with Gasteiger partial charge in [-0.3, -0.25) is 14.5 Å². The molecule has 168 valence electrons. The van der Waals surface area contributed by atoms with Crippen LogP contribution < -0.4 is 14.8 Å². The topological polar surface area (TPSA) is 67.9 Å². The Balaban J connectivity index is 1.68. The highest BCUT2D eigenvalue weighted by Gasteiger charge is 2.33. The standard InChI is InChI=1S/C23H23BrN2O4S2/c1-13(2)26-22(28)20(32-23(26)31)11-15-5-8-18(19(10-15)29-4)30-12-21(27)25-17-7-6-16(24)9-14(17)3/h5-11,13H,12H2,1-4H3,(H,25,27)/b20-11-. The van der Waals surface area contributed by atoms with E-state index in [0.717, 1.165) is 21.3 Å². The minimum atomic E-state index is -0.279. The molecular weight excluding hydrogens is 512 g/mol. The van der Waals surface area contributed by atoms with Gasteiger partial charge in [0.05, 0.1) is 12.0 Å². The van der Waals surface area contributed by atoms with Crippen LogP contribution in [0.15, 0.2) is 45.8 Å². The van der Waals surface area contributed by atoms with Crippen molar-refractivity contribution >= 4 is 67.8 Å². The zero-order valence-corrected chi connectivity index (χ0v) is 21.3. The number of anilines is 1. The lowest BCUT2D eigenvalue weighted by Gasteiger charge is -2.18. The van der Waals surface area contributed by atoms with Crippen LogP contribution in [-0.4, -0.2) is 40.8 Å². The molecule has 1 fully saturated rings. The molecular formula is C23H23BrN2O4S2. The number of hydrogen-bond acceptors (Lipinski definition) is 6. The van der Waals surface area contributed by atoms with Gasteiger partial charge in [-0.2, -0.15) is 0 Å². The summed E-state index contributed by atoms with van der Waals surface area (Å²) in [6.07, 6.45) is 1.77. The maximum absolute atomic E-state index is 12.6. The molecule has 0 aliphatic carbocycles. The fourth-order valence-corrected chi connectivity index (χ4v) is 5.07. The predicted octanol–water partition coefficient (Wildman–Crippen LogP) is 5.39. The lowest BCUT2D eigenvalue weighted by atomic mass is 10.1. The smallest absolute Gasteiger partial charge is 0.266 e. The summed E-state index contributed by atoms with van der Waals surface area (Å²) in [6, 6.07) is 10.9. The third kappa shape index (κ3) is 5.70. The van der Waals surface area contributed by atoms with Gasteiger partial charge in [0.15, 0.2) is 18.1 Å². The first-order chi connectivity index (χ1) is 15.2. The lowest BCUT2D eigenvalue weighted by Crippen LogP contribution is -2.34. The van der Waals surface area contributed by atoms with Crippen LogP contribution >= 0.6 is 39.9 Å². The van der Waals surface area contributed by atoms with Crippen LogP contribution in [0.25, 0.3) is 6.08 Å². The number of hydrogen-bond donors (Lipinski definition) is 1. The molecule has 0 atom stereocenters. The monoisotopic (exact) mass is 534 g/mol. The van der Waals surface area contributed by atoms with E-state index in [1.807, 2.05) is 39.0 Å². The maximum Gasteiger partial charge on any atom is 0.266 e. The number of thiocarbonyl (C=S) groups is 1. The van der Waals surface area contributed by atoms with Gasteiger partial charge in [0, 0.05) is 16.2 Å². The normalized spacial score (nSPS) is 14.9. The van der Waals surface area contributed by atoms with Gasteiger partial charge in [-0.15, -0.1) is 0 Å². The summed E-state index contributed by atoms with van der Waals surface area (Å²) >= 11 is 10.0. The Morgan fingerprint density at radius 3 is 2.62 bits per heavy atom. The predicted molar refractivity (Wildman–Crippen MR) is 136 cm³/mol. The Morgan fingerprint density at radius 1 is 1.25 bits per heavy atom. The van der Waals surface area contributed by atoms with Crippen molar-refractivity contribution in [3.8, 4) is 11.5 Å². The first-order valence-corrected chi connectivity index (χ1v) is 11.8. The first-order valence-electron chi connectivity index (χ1n) is 9.83. The van der Waals surface area contributed by atoms with Crippen LogP contribution in [0.3, 0.4) is 0 Å². The van der Waals surface area contributed by atoms with E-state index in [0.29, 0.717) is 20.7 Å². The number of amides is 2. The average Bonchev–Trinajstić information content (AvgIpc) is 3.02. The molecule has 0 radical (unpaired) electrons. The van der Waals surface area contributed by atoms with Crippen LogP contribution in [-0.2, 0) is 9.59 Å². The number of benzene rings is 2. The van der Waals surface area contributed by atoms with Crippen molar-refractivity contribution in [1.82, 2.24) is 4.90 Å². The number of aryl methyl sites for hydroxylation is 1. The molecule has 0 aromatic heterocycles. The molecule has 6 nitrogen and oxygen atoms in total. The van der Waals surface area contributed by atoms with Crippen molar-refractivity contribution in [2.24, 2.45) is 0 Å². The lowest BCUT2D eigenvalue weighted by molar-refractivity contribution is -0.123. The number of halogens is 1. The van der Waals surface area contributed by atoms with Gasteiger partial charge >= 0.3 is 0 Å². The number of nitrogens with zero attached hydrogens (tertiary/aromatic N) is 1. The molecule has 1 aliphatic heterocycles. The van der Waals surface area contributed by atoms with Crippen molar-refractivity contribution < 1.29 is 19.1 Å². The summed E-state index contributed by atoms with van der Waals surface area (Å²) in [5, 5.41) is 2.83. The van der Waals surface area contributed by atoms with Gasteiger partial charge in [-0.1, -0.05) is 46.0 Å². The van der Waals surface area contributed by atoms with Gasteiger partial charge in [0.1, 0.15) is 4.32 Å². The van der Waals surface area contributed by atoms with Gasteiger partial charge in [0.25, 0.3) is 11.8 Å². The summed E-state index contributed by atoms with van der Waals surface area (Å²) in [5.74, 6) is 0.515. The molecule has 2 aromatic carbocycles. The molecule has 2 amide bonds. The zero-order valence-electron chi connectivity index (χ0n) is 18.1. The molecule has 1 saturated heterocycles. The summed E-state index contributed by atoms with van der Waals surface area (Å²) in [5.41, 5.74) is 2.44. The Hall–Kier alpha value is -2.36. The molecule has 32 heavy (non-hydrogen) atoms. The number of carbonyl (C=O) groups is 2. The van der Waals surface area contributed by atoms with Gasteiger partial charge in [0.2, 0.25) is 0 Å². The summed E-state index contributed by atoms with van der Waals surface area (Å²) < 4.78 is 12.6. The van der Waals surface area contributed by atoms with Crippen LogP contribution in [0.2, 0.25) is 0 Å². The van der Waals surface area contributed by atoms with Crippen LogP contribution in [0.1, 0.15) is 25.0 Å². The van der Waals surface area contributed by atoms with Crippen molar-refractivity contribution in [3.63, 3.8) is 0 Å². The van der Waals surface area contributed by atoms with E-state index >= 15 is 0 Å². The van der Waals surface area contributed by atoms with E-state index in [2.05, 4.69) is 21.2 Å². The molecule has 0 unspecified atom stereocenters. The number of carbonyl (C=O) groups excluding carboxylic acids is 2. The van der Waals surface area contributed by atoms with Gasteiger partial charge < -0.3 is 14.8 Å². The summed E-state index contributed by atoms with van der Waals surface area (Å²) in [6.45, 7) is 5.60. The van der Waals surface area contributed by atoms with Crippen LogP contribution in [0.4, 0.5) is 5.69 Å². The fraction of sp³-hybridized carbons (Fsp3) is 0.261. The van der Waals surface area contributed by atoms with Gasteiger partial charge in [-0.05, 0) is 68.3 Å². The quantitative estimate of drug-likeness (QED) is 0.379. The second kappa shape index (κ2) is 10.5. The highest BCUT2D eigenvalue weighted by Crippen LogP contribution is 2.35. The SMILES string of the molecule is COc1cc(/C=C2\SC(=S)N(C(C)C)C2=O)ccc1OCC(=O)Nc1ccc(Br)cc1C. The molecule has 1 N–H and O–H groups in total. The molecule has 0 spiro atoms. The maximum atomic E-state index is 12.6. The zero-order chi connectivity index (χ0) is 23.4. The molecule has 9 heteroatoms. The van der Waals surface area contributed by atoms with Crippen molar-refractivity contribution in [2.45, 2.75) is 26.8 Å². The highest BCUT2D eigenvalue weighted by molar-refractivity contribution is 9.10. The van der Waals surface area contributed by atoms with Crippen LogP contribution in [0, 0.1) is 6.92 Å². The molecule has 3 rings (SSSR count). The average molecular weight is 535 g/mol. The third-order valence-electron chi connectivity index (χ3n) is 4.65. The van der Waals surface area contributed by atoms with E-state index in [1.54, 1.807) is 29.2 Å². The molecule has 0 saturated carbocycles. The number of nitrogens with one attached hydrogen (secondary N) is 1. The summed E-state index contributed by atoms with van der Waals surface area (Å²) in [7, 11) is 1.52. The van der Waals surface area contributed by atoms with E-state index in [9.17, 15) is 9.59 Å². The molecule has 0 bridgehead atoms. The van der Waals surface area contributed by atoms with E-state index in [1.165, 1.54) is 18.9 Å². The largest absolute Gasteiger partial charge is 0.493 e. The third-order valence-corrected chi connectivity index (χ3v) is 6.47.